The summed E-state index contributed by atoms with van der Waals surface area (Å²) in [6.07, 6.45) is 8.10. The predicted octanol–water partition coefficient (Wildman–Crippen LogP) is 5.64. The number of likely N-dealkylation sites (tertiary alicyclic amines) is 1. The summed E-state index contributed by atoms with van der Waals surface area (Å²) in [6, 6.07) is 7.29. The molecule has 6 heteroatoms. The first-order valence-corrected chi connectivity index (χ1v) is 12.0. The third-order valence-corrected chi connectivity index (χ3v) is 7.60. The lowest BCUT2D eigenvalue weighted by Crippen LogP contribution is -2.42. The highest BCUT2D eigenvalue weighted by atomic mass is 19.1. The molecular formula is C26H35FN2O3. The summed E-state index contributed by atoms with van der Waals surface area (Å²) in [4.78, 5) is 18.3. The molecule has 1 saturated heterocycles. The molecule has 2 aromatic rings. The standard InChI is InChI=1S/C26H35FN2O3/c1-32-21-6-8-25-23(16-21)22(9-12-28-25)24(27)7-5-19-11-14-29(13-10-18-3-2-4-18)17-20(19)15-26(30)31/h6,8-9,12,16,18-20,24H,2-5,7,10-11,13-15,17H2,1H3,(H,30,31)/t19-,20+,24+/m1/s1. The van der Waals surface area contributed by atoms with Gasteiger partial charge in [-0.25, -0.2) is 4.39 Å². The van der Waals surface area contributed by atoms with Crippen molar-refractivity contribution in [1.82, 2.24) is 9.88 Å². The Bertz CT molecular complexity index is 917. The van der Waals surface area contributed by atoms with Gasteiger partial charge < -0.3 is 14.7 Å². The molecule has 5 nitrogen and oxygen atoms in total. The number of alkyl halides is 1. The van der Waals surface area contributed by atoms with Crippen LogP contribution in [-0.2, 0) is 4.79 Å². The molecule has 1 aromatic heterocycles. The molecule has 2 aliphatic rings. The van der Waals surface area contributed by atoms with Crippen molar-refractivity contribution in [2.75, 3.05) is 26.7 Å². The molecule has 174 valence electrons. The van der Waals surface area contributed by atoms with Crippen LogP contribution in [-0.4, -0.2) is 47.7 Å². The molecular weight excluding hydrogens is 407 g/mol. The maximum absolute atomic E-state index is 15.4. The van der Waals surface area contributed by atoms with Gasteiger partial charge in [0.15, 0.2) is 0 Å². The van der Waals surface area contributed by atoms with Crippen LogP contribution in [0, 0.1) is 17.8 Å². The monoisotopic (exact) mass is 442 g/mol. The van der Waals surface area contributed by atoms with Crippen molar-refractivity contribution >= 4 is 16.9 Å². The fraction of sp³-hybridized carbons (Fsp3) is 0.615. The Morgan fingerprint density at radius 2 is 2.09 bits per heavy atom. The number of fused-ring (bicyclic) bond motifs is 1. The lowest BCUT2D eigenvalue weighted by Gasteiger charge is -2.39. The number of aromatic nitrogens is 1. The Morgan fingerprint density at radius 1 is 1.25 bits per heavy atom. The van der Waals surface area contributed by atoms with Crippen LogP contribution in [0.1, 0.15) is 63.1 Å². The van der Waals surface area contributed by atoms with E-state index in [2.05, 4.69) is 9.88 Å². The maximum atomic E-state index is 15.4. The summed E-state index contributed by atoms with van der Waals surface area (Å²) in [5.74, 6) is 1.17. The van der Waals surface area contributed by atoms with Gasteiger partial charge in [0.05, 0.1) is 12.6 Å². The zero-order valence-corrected chi connectivity index (χ0v) is 19.0. The van der Waals surface area contributed by atoms with Crippen LogP contribution >= 0.6 is 0 Å². The Hall–Kier alpha value is -2.21. The number of rotatable bonds is 10. The third-order valence-electron chi connectivity index (χ3n) is 7.60. The Labute approximate surface area is 190 Å². The van der Waals surface area contributed by atoms with Gasteiger partial charge in [-0.3, -0.25) is 9.78 Å². The minimum atomic E-state index is -1.10. The first-order chi connectivity index (χ1) is 15.5. The molecule has 32 heavy (non-hydrogen) atoms. The van der Waals surface area contributed by atoms with E-state index >= 15 is 4.39 Å². The van der Waals surface area contributed by atoms with Crippen LogP contribution in [0.3, 0.4) is 0 Å². The van der Waals surface area contributed by atoms with Gasteiger partial charge in [-0.1, -0.05) is 19.3 Å². The van der Waals surface area contributed by atoms with E-state index in [1.165, 1.54) is 25.7 Å². The second kappa shape index (κ2) is 10.6. The van der Waals surface area contributed by atoms with E-state index in [9.17, 15) is 9.90 Å². The van der Waals surface area contributed by atoms with Gasteiger partial charge in [0, 0.05) is 24.5 Å². The number of carboxylic acid groups (broad SMARTS) is 1. The number of benzene rings is 1. The average Bonchev–Trinajstić information content (AvgIpc) is 2.76. The van der Waals surface area contributed by atoms with Crippen LogP contribution in [0.4, 0.5) is 4.39 Å². The summed E-state index contributed by atoms with van der Waals surface area (Å²) in [7, 11) is 1.60. The molecule has 1 saturated carbocycles. The lowest BCUT2D eigenvalue weighted by atomic mass is 9.79. The quantitative estimate of drug-likeness (QED) is 0.516. The van der Waals surface area contributed by atoms with Crippen molar-refractivity contribution in [3.05, 3.63) is 36.0 Å². The average molecular weight is 443 g/mol. The normalized spacial score (nSPS) is 23.1. The predicted molar refractivity (Wildman–Crippen MR) is 124 cm³/mol. The molecule has 0 amide bonds. The minimum Gasteiger partial charge on any atom is -0.497 e. The molecule has 1 N–H and O–H groups in total. The topological polar surface area (TPSA) is 62.7 Å². The molecule has 2 fully saturated rings. The van der Waals surface area contributed by atoms with E-state index in [0.717, 1.165) is 42.9 Å². The Morgan fingerprint density at radius 3 is 2.81 bits per heavy atom. The van der Waals surface area contributed by atoms with Gasteiger partial charge in [-0.15, -0.1) is 0 Å². The number of carboxylic acids is 1. The van der Waals surface area contributed by atoms with E-state index in [-0.39, 0.29) is 18.3 Å². The van der Waals surface area contributed by atoms with Gasteiger partial charge in [-0.05, 0) is 86.4 Å². The van der Waals surface area contributed by atoms with E-state index in [0.29, 0.717) is 24.2 Å². The second-order valence-electron chi connectivity index (χ2n) is 9.62. The van der Waals surface area contributed by atoms with Crippen molar-refractivity contribution in [2.24, 2.45) is 17.8 Å². The molecule has 1 aliphatic heterocycles. The number of halogens is 1. The molecule has 4 rings (SSSR count). The smallest absolute Gasteiger partial charge is 0.303 e. The summed E-state index contributed by atoms with van der Waals surface area (Å²) in [5.41, 5.74) is 1.40. The molecule has 0 unspecified atom stereocenters. The highest BCUT2D eigenvalue weighted by Crippen LogP contribution is 2.37. The first-order valence-electron chi connectivity index (χ1n) is 12.0. The van der Waals surface area contributed by atoms with Crippen molar-refractivity contribution in [2.45, 2.75) is 57.5 Å². The molecule has 3 atom stereocenters. The molecule has 0 spiro atoms. The zero-order valence-electron chi connectivity index (χ0n) is 19.0. The number of methoxy groups -OCH3 is 1. The summed E-state index contributed by atoms with van der Waals surface area (Å²) in [5, 5.41) is 10.2. The third kappa shape index (κ3) is 5.58. The number of pyridine rings is 1. The fourth-order valence-electron chi connectivity index (χ4n) is 5.40. The van der Waals surface area contributed by atoms with Crippen molar-refractivity contribution in [1.29, 1.82) is 0 Å². The largest absolute Gasteiger partial charge is 0.497 e. The van der Waals surface area contributed by atoms with Crippen LogP contribution in [0.15, 0.2) is 30.5 Å². The first kappa shape index (κ1) is 23.0. The van der Waals surface area contributed by atoms with Gasteiger partial charge >= 0.3 is 5.97 Å². The number of hydrogen-bond donors (Lipinski definition) is 1. The molecule has 1 aromatic carbocycles. The maximum Gasteiger partial charge on any atom is 0.303 e. The van der Waals surface area contributed by atoms with Gasteiger partial charge in [0.25, 0.3) is 0 Å². The Kier molecular flexibility index (Phi) is 7.61. The number of aliphatic carboxylic acids is 1. The summed E-state index contributed by atoms with van der Waals surface area (Å²) in [6.45, 7) is 2.90. The van der Waals surface area contributed by atoms with Crippen LogP contribution in [0.5, 0.6) is 5.75 Å². The fourth-order valence-corrected chi connectivity index (χ4v) is 5.40. The molecule has 0 radical (unpaired) electrons. The Balaban J connectivity index is 1.38. The van der Waals surface area contributed by atoms with Crippen molar-refractivity contribution in [3.8, 4) is 5.75 Å². The molecule has 1 aliphatic carbocycles. The molecule has 2 heterocycles. The van der Waals surface area contributed by atoms with Crippen LogP contribution in [0.2, 0.25) is 0 Å². The van der Waals surface area contributed by atoms with Gasteiger partial charge in [0.1, 0.15) is 11.9 Å². The molecule has 0 bridgehead atoms. The summed E-state index contributed by atoms with van der Waals surface area (Å²) < 4.78 is 20.7. The van der Waals surface area contributed by atoms with Crippen molar-refractivity contribution < 1.29 is 19.0 Å². The zero-order chi connectivity index (χ0) is 22.5. The highest BCUT2D eigenvalue weighted by Gasteiger charge is 2.32. The summed E-state index contributed by atoms with van der Waals surface area (Å²) >= 11 is 0. The minimum absolute atomic E-state index is 0.101. The SMILES string of the molecule is COc1ccc2nccc([C@@H](F)CC[C@@H]3CCN(CCC4CCC4)C[C@@H]3CC(=O)O)c2c1. The number of carbonyl (C=O) groups is 1. The van der Waals surface area contributed by atoms with Crippen LogP contribution < -0.4 is 4.74 Å². The number of piperidine rings is 1. The van der Waals surface area contributed by atoms with Gasteiger partial charge in [0.2, 0.25) is 0 Å². The van der Waals surface area contributed by atoms with Gasteiger partial charge in [-0.2, -0.15) is 0 Å². The lowest BCUT2D eigenvalue weighted by molar-refractivity contribution is -0.139. The highest BCUT2D eigenvalue weighted by molar-refractivity contribution is 5.83. The van der Waals surface area contributed by atoms with E-state index < -0.39 is 12.1 Å². The van der Waals surface area contributed by atoms with Crippen LogP contribution in [0.25, 0.3) is 10.9 Å². The number of hydrogen-bond acceptors (Lipinski definition) is 4. The second-order valence-corrected chi connectivity index (χ2v) is 9.62. The number of nitrogens with zero attached hydrogens (tertiary/aromatic N) is 2. The van der Waals surface area contributed by atoms with E-state index in [1.54, 1.807) is 19.4 Å². The van der Waals surface area contributed by atoms with E-state index in [1.807, 2.05) is 18.2 Å². The van der Waals surface area contributed by atoms with Crippen molar-refractivity contribution in [3.63, 3.8) is 0 Å². The number of ether oxygens (including phenoxy) is 1. The van der Waals surface area contributed by atoms with E-state index in [4.69, 9.17) is 4.74 Å².